The normalized spacial score (nSPS) is 22.8. The SMILES string of the molecule is Clc1cccc(Cl)c1N1CCCNC2(CCCCC2)C1. The summed E-state index contributed by atoms with van der Waals surface area (Å²) in [6.07, 6.45) is 7.71. The highest BCUT2D eigenvalue weighted by Crippen LogP contribution is 2.37. The molecule has 0 unspecified atom stereocenters. The van der Waals surface area contributed by atoms with Crippen LogP contribution in [0.15, 0.2) is 18.2 Å². The van der Waals surface area contributed by atoms with Crippen molar-refractivity contribution in [2.24, 2.45) is 0 Å². The van der Waals surface area contributed by atoms with E-state index in [9.17, 15) is 0 Å². The molecule has 0 bridgehead atoms. The summed E-state index contributed by atoms with van der Waals surface area (Å²) >= 11 is 12.8. The number of benzene rings is 1. The van der Waals surface area contributed by atoms with E-state index in [1.807, 2.05) is 18.2 Å². The largest absolute Gasteiger partial charge is 0.367 e. The fraction of sp³-hybridized carbons (Fsp3) is 0.625. The molecule has 2 aliphatic rings. The van der Waals surface area contributed by atoms with Crippen LogP contribution in [0.4, 0.5) is 5.69 Å². The van der Waals surface area contributed by atoms with Crippen LogP contribution in [-0.4, -0.2) is 25.2 Å². The van der Waals surface area contributed by atoms with Gasteiger partial charge in [0.25, 0.3) is 0 Å². The molecule has 2 nitrogen and oxygen atoms in total. The summed E-state index contributed by atoms with van der Waals surface area (Å²) in [5, 5.41) is 5.35. The molecule has 1 N–H and O–H groups in total. The van der Waals surface area contributed by atoms with Crippen molar-refractivity contribution < 1.29 is 0 Å². The average molecular weight is 313 g/mol. The third-order valence-corrected chi connectivity index (χ3v) is 5.27. The molecule has 1 spiro atoms. The van der Waals surface area contributed by atoms with Gasteiger partial charge in [-0.3, -0.25) is 0 Å². The van der Waals surface area contributed by atoms with E-state index in [0.29, 0.717) is 0 Å². The number of rotatable bonds is 1. The van der Waals surface area contributed by atoms with Crippen molar-refractivity contribution in [2.45, 2.75) is 44.1 Å². The summed E-state index contributed by atoms with van der Waals surface area (Å²) in [4.78, 5) is 2.40. The molecule has 20 heavy (non-hydrogen) atoms. The van der Waals surface area contributed by atoms with Crippen molar-refractivity contribution in [1.29, 1.82) is 0 Å². The van der Waals surface area contributed by atoms with Gasteiger partial charge in [0, 0.05) is 18.6 Å². The Labute approximate surface area is 131 Å². The summed E-state index contributed by atoms with van der Waals surface area (Å²) in [6, 6.07) is 5.80. The van der Waals surface area contributed by atoms with Gasteiger partial charge in [0.15, 0.2) is 0 Å². The van der Waals surface area contributed by atoms with Gasteiger partial charge in [-0.1, -0.05) is 48.5 Å². The molecule has 0 amide bonds. The smallest absolute Gasteiger partial charge is 0.0745 e. The molecule has 1 saturated carbocycles. The van der Waals surface area contributed by atoms with Crippen molar-refractivity contribution in [3.8, 4) is 0 Å². The first kappa shape index (κ1) is 14.5. The van der Waals surface area contributed by atoms with Crippen molar-refractivity contribution in [3.05, 3.63) is 28.2 Å². The predicted octanol–water partition coefficient (Wildman–Crippen LogP) is 4.50. The highest BCUT2D eigenvalue weighted by molar-refractivity contribution is 6.39. The molecule has 1 aromatic rings. The van der Waals surface area contributed by atoms with E-state index in [4.69, 9.17) is 23.2 Å². The topological polar surface area (TPSA) is 15.3 Å². The zero-order valence-corrected chi connectivity index (χ0v) is 13.3. The molecular formula is C16H22Cl2N2. The molecule has 1 aromatic carbocycles. The summed E-state index contributed by atoms with van der Waals surface area (Å²) in [7, 11) is 0. The Morgan fingerprint density at radius 2 is 1.70 bits per heavy atom. The first-order valence-corrected chi connectivity index (χ1v) is 8.40. The van der Waals surface area contributed by atoms with Gasteiger partial charge >= 0.3 is 0 Å². The molecule has 1 aliphatic heterocycles. The third kappa shape index (κ3) is 2.93. The van der Waals surface area contributed by atoms with Crippen LogP contribution in [0.5, 0.6) is 0 Å². The van der Waals surface area contributed by atoms with Gasteiger partial charge in [-0.2, -0.15) is 0 Å². The second-order valence-corrected chi connectivity index (χ2v) is 6.93. The minimum atomic E-state index is 0.261. The fourth-order valence-corrected chi connectivity index (χ4v) is 4.31. The molecule has 4 heteroatoms. The van der Waals surface area contributed by atoms with Crippen molar-refractivity contribution >= 4 is 28.9 Å². The monoisotopic (exact) mass is 312 g/mol. The van der Waals surface area contributed by atoms with Crippen molar-refractivity contribution in [2.75, 3.05) is 24.5 Å². The van der Waals surface area contributed by atoms with Gasteiger partial charge in [-0.15, -0.1) is 0 Å². The van der Waals surface area contributed by atoms with Crippen LogP contribution < -0.4 is 10.2 Å². The number of halogens is 2. The van der Waals surface area contributed by atoms with Gasteiger partial charge in [-0.05, 0) is 37.9 Å². The minimum Gasteiger partial charge on any atom is -0.367 e. The van der Waals surface area contributed by atoms with Crippen molar-refractivity contribution in [1.82, 2.24) is 5.32 Å². The molecule has 0 aromatic heterocycles. The first-order chi connectivity index (χ1) is 9.70. The Hall–Kier alpha value is -0.440. The number of hydrogen-bond donors (Lipinski definition) is 1. The van der Waals surface area contributed by atoms with Crippen LogP contribution in [0.1, 0.15) is 38.5 Å². The van der Waals surface area contributed by atoms with E-state index in [2.05, 4.69) is 10.2 Å². The molecule has 0 atom stereocenters. The summed E-state index contributed by atoms with van der Waals surface area (Å²) in [5.41, 5.74) is 1.28. The summed E-state index contributed by atoms with van der Waals surface area (Å²) in [6.45, 7) is 3.15. The second kappa shape index (κ2) is 6.13. The van der Waals surface area contributed by atoms with Gasteiger partial charge in [0.05, 0.1) is 15.7 Å². The number of nitrogens with zero attached hydrogens (tertiary/aromatic N) is 1. The van der Waals surface area contributed by atoms with Gasteiger partial charge in [0.2, 0.25) is 0 Å². The summed E-state index contributed by atoms with van der Waals surface area (Å²) < 4.78 is 0. The Bertz CT molecular complexity index is 449. The number of hydrogen-bond acceptors (Lipinski definition) is 2. The zero-order valence-electron chi connectivity index (χ0n) is 11.8. The standard InChI is InChI=1S/C16H22Cl2N2/c17-13-6-4-7-14(18)15(13)20-11-5-10-19-16(12-20)8-2-1-3-9-16/h4,6-7,19H,1-3,5,8-12H2. The van der Waals surface area contributed by atoms with Crippen LogP contribution >= 0.6 is 23.2 Å². The quantitative estimate of drug-likeness (QED) is 0.821. The lowest BCUT2D eigenvalue weighted by molar-refractivity contribution is 0.246. The fourth-order valence-electron chi connectivity index (χ4n) is 3.67. The van der Waals surface area contributed by atoms with E-state index in [0.717, 1.165) is 41.8 Å². The van der Waals surface area contributed by atoms with E-state index in [-0.39, 0.29) is 5.54 Å². The molecule has 3 rings (SSSR count). The van der Waals surface area contributed by atoms with Gasteiger partial charge in [-0.25, -0.2) is 0 Å². The number of nitrogens with one attached hydrogen (secondary N) is 1. The zero-order chi connectivity index (χ0) is 14.0. The highest BCUT2D eigenvalue weighted by atomic mass is 35.5. The van der Waals surface area contributed by atoms with Gasteiger partial charge in [0.1, 0.15) is 0 Å². The lowest BCUT2D eigenvalue weighted by Gasteiger charge is -2.41. The molecule has 1 saturated heterocycles. The van der Waals surface area contributed by atoms with Gasteiger partial charge < -0.3 is 10.2 Å². The molecule has 1 heterocycles. The van der Waals surface area contributed by atoms with Crippen LogP contribution in [0.2, 0.25) is 10.0 Å². The number of para-hydroxylation sites is 1. The average Bonchev–Trinajstić information content (AvgIpc) is 2.63. The van der Waals surface area contributed by atoms with E-state index >= 15 is 0 Å². The van der Waals surface area contributed by atoms with E-state index < -0.39 is 0 Å². The summed E-state index contributed by atoms with van der Waals surface area (Å²) in [5.74, 6) is 0. The third-order valence-electron chi connectivity index (χ3n) is 4.66. The second-order valence-electron chi connectivity index (χ2n) is 6.11. The van der Waals surface area contributed by atoms with Crippen LogP contribution in [0.3, 0.4) is 0 Å². The maximum atomic E-state index is 6.40. The predicted molar refractivity (Wildman–Crippen MR) is 87.1 cm³/mol. The lowest BCUT2D eigenvalue weighted by Crippen LogP contribution is -2.52. The Balaban J connectivity index is 1.88. The number of anilines is 1. The van der Waals surface area contributed by atoms with E-state index in [1.165, 1.54) is 32.1 Å². The van der Waals surface area contributed by atoms with Crippen LogP contribution in [0.25, 0.3) is 0 Å². The maximum Gasteiger partial charge on any atom is 0.0745 e. The molecular weight excluding hydrogens is 291 g/mol. The van der Waals surface area contributed by atoms with Crippen molar-refractivity contribution in [3.63, 3.8) is 0 Å². The van der Waals surface area contributed by atoms with Crippen LogP contribution in [0, 0.1) is 0 Å². The molecule has 1 aliphatic carbocycles. The Morgan fingerprint density at radius 3 is 2.40 bits per heavy atom. The van der Waals surface area contributed by atoms with E-state index in [1.54, 1.807) is 0 Å². The minimum absolute atomic E-state index is 0.261. The Kier molecular flexibility index (Phi) is 4.44. The molecule has 0 radical (unpaired) electrons. The lowest BCUT2D eigenvalue weighted by atomic mass is 9.81. The highest BCUT2D eigenvalue weighted by Gasteiger charge is 2.35. The molecule has 110 valence electrons. The van der Waals surface area contributed by atoms with Crippen LogP contribution in [-0.2, 0) is 0 Å². The molecule has 2 fully saturated rings. The first-order valence-electron chi connectivity index (χ1n) is 7.64. The Morgan fingerprint density at radius 1 is 1.00 bits per heavy atom. The maximum absolute atomic E-state index is 6.40.